The first kappa shape index (κ1) is 19.1. The molecule has 146 valence electrons. The Balaban J connectivity index is 1.61. The quantitative estimate of drug-likeness (QED) is 0.628. The second-order valence-corrected chi connectivity index (χ2v) is 5.54. The Morgan fingerprint density at radius 2 is 2.00 bits per heavy atom. The molecule has 3 aromatic rings. The summed E-state index contributed by atoms with van der Waals surface area (Å²) >= 11 is 0. The number of rotatable bonds is 7. The summed E-state index contributed by atoms with van der Waals surface area (Å²) in [4.78, 5) is 18.8. The fourth-order valence-electron chi connectivity index (χ4n) is 2.23. The molecule has 0 amide bonds. The van der Waals surface area contributed by atoms with Crippen molar-refractivity contribution in [2.45, 2.75) is 19.5 Å². The van der Waals surface area contributed by atoms with Gasteiger partial charge in [-0.15, -0.1) is 18.3 Å². The van der Waals surface area contributed by atoms with E-state index in [1.54, 1.807) is 6.07 Å². The number of halogens is 3. The first-order chi connectivity index (χ1) is 13.3. The zero-order valence-corrected chi connectivity index (χ0v) is 14.1. The maximum Gasteiger partial charge on any atom is 0.573 e. The third-order valence-electron chi connectivity index (χ3n) is 3.37. The molecule has 1 aromatic carbocycles. The van der Waals surface area contributed by atoms with Crippen LogP contribution in [0.2, 0.25) is 0 Å². The third kappa shape index (κ3) is 5.40. The number of aliphatic carboxylic acids is 1. The number of hydrogen-bond acceptors (Lipinski definition) is 7. The highest BCUT2D eigenvalue weighted by atomic mass is 19.4. The van der Waals surface area contributed by atoms with Crippen LogP contribution in [0.3, 0.4) is 0 Å². The van der Waals surface area contributed by atoms with E-state index in [0.717, 1.165) is 0 Å². The normalized spacial score (nSPS) is 11.2. The first-order valence-corrected chi connectivity index (χ1v) is 7.81. The molecule has 2 heterocycles. The highest BCUT2D eigenvalue weighted by molar-refractivity contribution is 5.66. The summed E-state index contributed by atoms with van der Waals surface area (Å²) in [5.41, 5.74) is 1.48. The van der Waals surface area contributed by atoms with Crippen LogP contribution in [-0.4, -0.2) is 42.4 Å². The van der Waals surface area contributed by atoms with Crippen molar-refractivity contribution >= 4 is 11.9 Å². The summed E-state index contributed by atoms with van der Waals surface area (Å²) in [6, 6.07) is 5.54. The summed E-state index contributed by atoms with van der Waals surface area (Å²) < 4.78 is 41.8. The number of carboxylic acid groups (broad SMARTS) is 1. The number of ether oxygens (including phenoxy) is 1. The molecule has 28 heavy (non-hydrogen) atoms. The molecular formula is C16H13F3N6O3. The van der Waals surface area contributed by atoms with E-state index in [1.807, 2.05) is 0 Å². The van der Waals surface area contributed by atoms with Crippen LogP contribution in [0.25, 0.3) is 11.3 Å². The molecule has 9 nitrogen and oxygen atoms in total. The molecule has 2 N–H and O–H groups in total. The molecule has 0 radical (unpaired) electrons. The van der Waals surface area contributed by atoms with E-state index in [1.165, 1.54) is 41.5 Å². The van der Waals surface area contributed by atoms with Gasteiger partial charge in [0.05, 0.1) is 6.20 Å². The number of hydrogen-bond donors (Lipinski definition) is 2. The number of anilines is 1. The van der Waals surface area contributed by atoms with E-state index < -0.39 is 12.3 Å². The molecule has 3 rings (SSSR count). The van der Waals surface area contributed by atoms with E-state index in [4.69, 9.17) is 5.11 Å². The molecule has 12 heteroatoms. The van der Waals surface area contributed by atoms with E-state index in [2.05, 4.69) is 30.3 Å². The lowest BCUT2D eigenvalue weighted by molar-refractivity contribution is -0.274. The molecule has 0 saturated carbocycles. The number of benzene rings is 1. The van der Waals surface area contributed by atoms with Crippen LogP contribution >= 0.6 is 0 Å². The molecule has 0 aliphatic heterocycles. The van der Waals surface area contributed by atoms with Crippen LogP contribution in [0.4, 0.5) is 19.1 Å². The summed E-state index contributed by atoms with van der Waals surface area (Å²) in [6.07, 6.45) is -0.370. The van der Waals surface area contributed by atoms with Gasteiger partial charge in [-0.1, -0.05) is 17.3 Å². The van der Waals surface area contributed by atoms with E-state index in [-0.39, 0.29) is 24.8 Å². The third-order valence-corrected chi connectivity index (χ3v) is 3.37. The Morgan fingerprint density at radius 3 is 2.68 bits per heavy atom. The summed E-state index contributed by atoms with van der Waals surface area (Å²) in [5, 5.41) is 19.1. The largest absolute Gasteiger partial charge is 0.573 e. The van der Waals surface area contributed by atoms with Crippen molar-refractivity contribution in [1.82, 2.24) is 25.0 Å². The Hall–Kier alpha value is -3.70. The van der Waals surface area contributed by atoms with E-state index in [9.17, 15) is 18.0 Å². The molecule has 0 aliphatic carbocycles. The number of carbonyl (C=O) groups is 1. The summed E-state index contributed by atoms with van der Waals surface area (Å²) in [6.45, 7) is -0.131. The number of carboxylic acids is 1. The lowest BCUT2D eigenvalue weighted by atomic mass is 10.2. The number of nitrogens with one attached hydrogen (secondary N) is 1. The van der Waals surface area contributed by atoms with Gasteiger partial charge in [0, 0.05) is 24.5 Å². The van der Waals surface area contributed by atoms with Crippen LogP contribution in [0, 0.1) is 0 Å². The predicted octanol–water partition coefficient (Wildman–Crippen LogP) is 2.33. The predicted molar refractivity (Wildman–Crippen MR) is 89.1 cm³/mol. The summed E-state index contributed by atoms with van der Waals surface area (Å²) in [5.74, 6) is -1.10. The standard InChI is InChI=1S/C16H13F3N6O3/c17-16(18,19)28-12-3-1-2-10(4-12)5-20-15-21-6-11(7-22-15)13-8-25(24-23-13)9-14(26)27/h1-4,6-8H,5,9H2,(H,26,27)(H,20,21,22). The molecule has 0 fully saturated rings. The second kappa shape index (κ2) is 7.90. The van der Waals surface area contributed by atoms with Crippen molar-refractivity contribution in [2.24, 2.45) is 0 Å². The fourth-order valence-corrected chi connectivity index (χ4v) is 2.23. The first-order valence-electron chi connectivity index (χ1n) is 7.81. The maximum atomic E-state index is 12.3. The van der Waals surface area contributed by atoms with E-state index in [0.29, 0.717) is 16.8 Å². The minimum atomic E-state index is -4.75. The van der Waals surface area contributed by atoms with Crippen molar-refractivity contribution in [3.63, 3.8) is 0 Å². The smallest absolute Gasteiger partial charge is 0.480 e. The molecular weight excluding hydrogens is 381 g/mol. The molecule has 0 aliphatic rings. The van der Waals surface area contributed by atoms with Gasteiger partial charge in [0.15, 0.2) is 0 Å². The van der Waals surface area contributed by atoms with Gasteiger partial charge in [0.2, 0.25) is 5.95 Å². The molecule has 0 unspecified atom stereocenters. The fraction of sp³-hybridized carbons (Fsp3) is 0.188. The topological polar surface area (TPSA) is 115 Å². The average molecular weight is 394 g/mol. The van der Waals surface area contributed by atoms with Crippen LogP contribution in [0.5, 0.6) is 5.75 Å². The van der Waals surface area contributed by atoms with Gasteiger partial charge in [-0.2, -0.15) is 0 Å². The van der Waals surface area contributed by atoms with Gasteiger partial charge in [-0.25, -0.2) is 14.6 Å². The van der Waals surface area contributed by atoms with Gasteiger partial charge < -0.3 is 15.2 Å². The lowest BCUT2D eigenvalue weighted by Crippen LogP contribution is -2.17. The van der Waals surface area contributed by atoms with Gasteiger partial charge in [-0.05, 0) is 17.7 Å². The van der Waals surface area contributed by atoms with Crippen molar-refractivity contribution < 1.29 is 27.8 Å². The number of nitrogens with zero attached hydrogens (tertiary/aromatic N) is 5. The summed E-state index contributed by atoms with van der Waals surface area (Å²) in [7, 11) is 0. The van der Waals surface area contributed by atoms with Gasteiger partial charge in [0.25, 0.3) is 0 Å². The number of aromatic nitrogens is 5. The number of alkyl halides is 3. The zero-order chi connectivity index (χ0) is 20.1. The van der Waals surface area contributed by atoms with Crippen LogP contribution in [0.15, 0.2) is 42.9 Å². The Kier molecular flexibility index (Phi) is 5.38. The van der Waals surface area contributed by atoms with Gasteiger partial charge >= 0.3 is 12.3 Å². The van der Waals surface area contributed by atoms with Gasteiger partial charge in [-0.3, -0.25) is 4.79 Å². The minimum absolute atomic E-state index is 0.184. The molecule has 0 saturated heterocycles. The highest BCUT2D eigenvalue weighted by Gasteiger charge is 2.31. The van der Waals surface area contributed by atoms with Crippen LogP contribution in [0.1, 0.15) is 5.56 Å². The van der Waals surface area contributed by atoms with Crippen LogP contribution < -0.4 is 10.1 Å². The maximum absolute atomic E-state index is 12.3. The second-order valence-electron chi connectivity index (χ2n) is 5.54. The van der Waals surface area contributed by atoms with Crippen molar-refractivity contribution in [3.8, 4) is 17.0 Å². The monoisotopic (exact) mass is 394 g/mol. The molecule has 0 spiro atoms. The molecule has 0 atom stereocenters. The Labute approximate surface area is 155 Å². The van der Waals surface area contributed by atoms with Crippen molar-refractivity contribution in [3.05, 3.63) is 48.4 Å². The molecule has 0 bridgehead atoms. The lowest BCUT2D eigenvalue weighted by Gasteiger charge is -2.10. The van der Waals surface area contributed by atoms with Crippen molar-refractivity contribution in [1.29, 1.82) is 0 Å². The Bertz CT molecular complexity index is 959. The molecule has 2 aromatic heterocycles. The van der Waals surface area contributed by atoms with E-state index >= 15 is 0 Å². The Morgan fingerprint density at radius 1 is 1.25 bits per heavy atom. The van der Waals surface area contributed by atoms with Crippen molar-refractivity contribution in [2.75, 3.05) is 5.32 Å². The minimum Gasteiger partial charge on any atom is -0.480 e. The average Bonchev–Trinajstić information content (AvgIpc) is 3.07. The highest BCUT2D eigenvalue weighted by Crippen LogP contribution is 2.23. The zero-order valence-electron chi connectivity index (χ0n) is 14.1. The SMILES string of the molecule is O=C(O)Cn1cc(-c2cnc(NCc3cccc(OC(F)(F)F)c3)nc2)nn1. The van der Waals surface area contributed by atoms with Crippen LogP contribution in [-0.2, 0) is 17.9 Å². The van der Waals surface area contributed by atoms with Gasteiger partial charge in [0.1, 0.15) is 18.0 Å².